The Kier molecular flexibility index (Phi) is 4.41. The molecule has 1 aliphatic rings. The van der Waals surface area contributed by atoms with E-state index in [0.29, 0.717) is 6.54 Å². The first-order chi connectivity index (χ1) is 10.2. The van der Waals surface area contributed by atoms with E-state index in [2.05, 4.69) is 16.9 Å². The zero-order chi connectivity index (χ0) is 14.7. The molecule has 3 rings (SSSR count). The highest BCUT2D eigenvalue weighted by Gasteiger charge is 2.18. The molecule has 1 fully saturated rings. The molecule has 0 bridgehead atoms. The summed E-state index contributed by atoms with van der Waals surface area (Å²) in [5.41, 5.74) is 1.03. The number of hydrogen-bond donors (Lipinski definition) is 1. The molecule has 1 N–H and O–H groups in total. The smallest absolute Gasteiger partial charge is 0.0862 e. The first kappa shape index (κ1) is 14.4. The molecule has 0 saturated carbocycles. The van der Waals surface area contributed by atoms with Crippen LogP contribution in [-0.2, 0) is 6.54 Å². The van der Waals surface area contributed by atoms with E-state index in [1.165, 1.54) is 12.8 Å². The largest absolute Gasteiger partial charge is 0.390 e. The number of rotatable bonds is 5. The van der Waals surface area contributed by atoms with Gasteiger partial charge < -0.3 is 14.6 Å². The monoisotopic (exact) mass is 288 g/mol. The van der Waals surface area contributed by atoms with Crippen molar-refractivity contribution in [3.05, 3.63) is 36.9 Å². The van der Waals surface area contributed by atoms with Gasteiger partial charge in [0, 0.05) is 25.1 Å². The highest BCUT2D eigenvalue weighted by molar-refractivity contribution is 5.26. The van der Waals surface area contributed by atoms with Gasteiger partial charge in [-0.15, -0.1) is 0 Å². The molecule has 2 aromatic rings. The summed E-state index contributed by atoms with van der Waals surface area (Å²) in [5.74, 6) is 0.827. The van der Waals surface area contributed by atoms with Crippen LogP contribution >= 0.6 is 0 Å². The molecule has 1 atom stereocenters. The molecule has 1 saturated heterocycles. The van der Waals surface area contributed by atoms with E-state index in [1.807, 2.05) is 46.2 Å². The standard InChI is InChI=1S/C16H24N4O/c1-14-4-8-18(9-5-14)12-16(21)13-20-11-15(10-17-20)19-6-2-3-7-19/h2-3,6-7,10-11,14,16,21H,4-5,8-9,12-13H2,1H3/t16-/m0/s1. The van der Waals surface area contributed by atoms with E-state index in [-0.39, 0.29) is 6.10 Å². The zero-order valence-corrected chi connectivity index (χ0v) is 12.6. The zero-order valence-electron chi connectivity index (χ0n) is 12.6. The van der Waals surface area contributed by atoms with Crippen molar-refractivity contribution in [2.75, 3.05) is 19.6 Å². The Hall–Kier alpha value is -1.59. The van der Waals surface area contributed by atoms with Crippen LogP contribution in [0.2, 0.25) is 0 Å². The van der Waals surface area contributed by atoms with Crippen LogP contribution in [0.25, 0.3) is 5.69 Å². The molecule has 0 aliphatic carbocycles. The minimum atomic E-state index is -0.365. The van der Waals surface area contributed by atoms with Crippen LogP contribution in [0, 0.1) is 5.92 Å². The van der Waals surface area contributed by atoms with Gasteiger partial charge in [-0.25, -0.2) is 0 Å². The van der Waals surface area contributed by atoms with E-state index in [0.717, 1.165) is 31.2 Å². The van der Waals surface area contributed by atoms with E-state index >= 15 is 0 Å². The van der Waals surface area contributed by atoms with Gasteiger partial charge in [0.2, 0.25) is 0 Å². The van der Waals surface area contributed by atoms with Crippen LogP contribution in [-0.4, -0.2) is 50.1 Å². The van der Waals surface area contributed by atoms with E-state index in [4.69, 9.17) is 0 Å². The van der Waals surface area contributed by atoms with Gasteiger partial charge in [0.15, 0.2) is 0 Å². The van der Waals surface area contributed by atoms with Gasteiger partial charge in [0.25, 0.3) is 0 Å². The molecule has 0 aromatic carbocycles. The van der Waals surface area contributed by atoms with E-state index in [1.54, 1.807) is 0 Å². The average Bonchev–Trinajstić information content (AvgIpc) is 3.12. The summed E-state index contributed by atoms with van der Waals surface area (Å²) < 4.78 is 3.84. The Labute approximate surface area is 125 Å². The maximum Gasteiger partial charge on any atom is 0.0862 e. The van der Waals surface area contributed by atoms with Gasteiger partial charge in [-0.1, -0.05) is 6.92 Å². The number of likely N-dealkylation sites (tertiary alicyclic amines) is 1. The number of piperidine rings is 1. The molecule has 114 valence electrons. The molecular weight excluding hydrogens is 264 g/mol. The topological polar surface area (TPSA) is 46.2 Å². The first-order valence-corrected chi connectivity index (χ1v) is 7.77. The van der Waals surface area contributed by atoms with Crippen LogP contribution < -0.4 is 0 Å². The molecule has 21 heavy (non-hydrogen) atoms. The fraction of sp³-hybridized carbons (Fsp3) is 0.562. The lowest BCUT2D eigenvalue weighted by Gasteiger charge is -2.31. The number of aromatic nitrogens is 3. The molecular formula is C16H24N4O. The van der Waals surface area contributed by atoms with Crippen LogP contribution in [0.15, 0.2) is 36.9 Å². The summed E-state index contributed by atoms with van der Waals surface area (Å²) >= 11 is 0. The molecule has 3 heterocycles. The molecule has 1 aliphatic heterocycles. The summed E-state index contributed by atoms with van der Waals surface area (Å²) in [6.07, 6.45) is 9.91. The molecule has 0 spiro atoms. The number of aliphatic hydroxyl groups excluding tert-OH is 1. The first-order valence-electron chi connectivity index (χ1n) is 7.77. The third kappa shape index (κ3) is 3.74. The Morgan fingerprint density at radius 2 is 1.95 bits per heavy atom. The maximum atomic E-state index is 10.3. The maximum absolute atomic E-state index is 10.3. The van der Waals surface area contributed by atoms with Gasteiger partial charge in [-0.2, -0.15) is 5.10 Å². The van der Waals surface area contributed by atoms with Gasteiger partial charge in [-0.05, 0) is 44.0 Å². The van der Waals surface area contributed by atoms with Crippen molar-refractivity contribution in [2.24, 2.45) is 5.92 Å². The second-order valence-corrected chi connectivity index (χ2v) is 6.15. The average molecular weight is 288 g/mol. The minimum Gasteiger partial charge on any atom is -0.390 e. The normalized spacial score (nSPS) is 19.0. The summed E-state index contributed by atoms with van der Waals surface area (Å²) in [7, 11) is 0. The van der Waals surface area contributed by atoms with Gasteiger partial charge in [-0.3, -0.25) is 4.68 Å². The lowest BCUT2D eigenvalue weighted by atomic mass is 9.99. The van der Waals surface area contributed by atoms with Crippen molar-refractivity contribution in [3.8, 4) is 5.69 Å². The van der Waals surface area contributed by atoms with Crippen LogP contribution in [0.4, 0.5) is 0 Å². The fourth-order valence-electron chi connectivity index (χ4n) is 2.91. The number of hydrogen-bond acceptors (Lipinski definition) is 3. The van der Waals surface area contributed by atoms with Gasteiger partial charge in [0.1, 0.15) is 0 Å². The van der Waals surface area contributed by atoms with E-state index < -0.39 is 0 Å². The summed E-state index contributed by atoms with van der Waals surface area (Å²) in [6.45, 7) is 5.80. The molecule has 5 nitrogen and oxygen atoms in total. The lowest BCUT2D eigenvalue weighted by Crippen LogP contribution is -2.39. The Balaban J connectivity index is 1.52. The van der Waals surface area contributed by atoms with Crippen molar-refractivity contribution in [1.29, 1.82) is 0 Å². The predicted octanol–water partition coefficient (Wildman–Crippen LogP) is 1.77. The molecule has 0 amide bonds. The number of nitrogens with zero attached hydrogens (tertiary/aromatic N) is 4. The van der Waals surface area contributed by atoms with Crippen molar-refractivity contribution >= 4 is 0 Å². The molecule has 5 heteroatoms. The number of aliphatic hydroxyl groups is 1. The summed E-state index contributed by atoms with van der Waals surface area (Å²) in [4.78, 5) is 2.36. The molecule has 0 radical (unpaired) electrons. The minimum absolute atomic E-state index is 0.365. The molecule has 0 unspecified atom stereocenters. The van der Waals surface area contributed by atoms with Crippen LogP contribution in [0.1, 0.15) is 19.8 Å². The van der Waals surface area contributed by atoms with Gasteiger partial charge in [0.05, 0.1) is 24.5 Å². The highest BCUT2D eigenvalue weighted by atomic mass is 16.3. The summed E-state index contributed by atoms with van der Waals surface area (Å²) in [6, 6.07) is 3.98. The Bertz CT molecular complexity index is 540. The van der Waals surface area contributed by atoms with E-state index in [9.17, 15) is 5.11 Å². The summed E-state index contributed by atoms with van der Waals surface area (Å²) in [5, 5.41) is 14.6. The Morgan fingerprint density at radius 1 is 1.24 bits per heavy atom. The van der Waals surface area contributed by atoms with Crippen molar-refractivity contribution in [2.45, 2.75) is 32.4 Å². The lowest BCUT2D eigenvalue weighted by molar-refractivity contribution is 0.0777. The number of β-amino-alcohol motifs (C(OH)–C–C–N with tert-alkyl or cyclic N) is 1. The quantitative estimate of drug-likeness (QED) is 0.912. The third-order valence-corrected chi connectivity index (χ3v) is 4.27. The second kappa shape index (κ2) is 6.45. The fourth-order valence-corrected chi connectivity index (χ4v) is 2.91. The SMILES string of the molecule is CC1CCN(C[C@H](O)Cn2cc(-n3cccc3)cn2)CC1. The molecule has 2 aromatic heterocycles. The van der Waals surface area contributed by atoms with Crippen LogP contribution in [0.5, 0.6) is 0 Å². The second-order valence-electron chi connectivity index (χ2n) is 6.15. The van der Waals surface area contributed by atoms with Crippen molar-refractivity contribution in [1.82, 2.24) is 19.2 Å². The van der Waals surface area contributed by atoms with Crippen molar-refractivity contribution < 1.29 is 5.11 Å². The van der Waals surface area contributed by atoms with Crippen molar-refractivity contribution in [3.63, 3.8) is 0 Å². The Morgan fingerprint density at radius 3 is 2.67 bits per heavy atom. The predicted molar refractivity (Wildman–Crippen MR) is 82.4 cm³/mol. The highest BCUT2D eigenvalue weighted by Crippen LogP contribution is 2.16. The van der Waals surface area contributed by atoms with Gasteiger partial charge >= 0.3 is 0 Å². The third-order valence-electron chi connectivity index (χ3n) is 4.27. The van der Waals surface area contributed by atoms with Crippen LogP contribution in [0.3, 0.4) is 0 Å².